The molecule has 1 aromatic rings. The molecule has 1 aliphatic heterocycles. The summed E-state index contributed by atoms with van der Waals surface area (Å²) in [5, 5.41) is 11.9. The molecule has 0 aromatic carbocycles. The summed E-state index contributed by atoms with van der Waals surface area (Å²) in [6.45, 7) is 2.71. The van der Waals surface area contributed by atoms with Crippen molar-refractivity contribution >= 4 is 23.6 Å². The fraction of sp³-hybridized carbons (Fsp3) is 0.571. The Labute approximate surface area is 129 Å². The molecule has 2 N–H and O–H groups in total. The van der Waals surface area contributed by atoms with Crippen molar-refractivity contribution in [3.05, 3.63) is 12.4 Å². The summed E-state index contributed by atoms with van der Waals surface area (Å²) in [5.41, 5.74) is 0. The number of nitrogens with zero attached hydrogens (tertiary/aromatic N) is 4. The minimum atomic E-state index is -0.860. The Hall–Kier alpha value is -2.38. The molecule has 22 heavy (non-hydrogen) atoms. The van der Waals surface area contributed by atoms with Gasteiger partial charge in [-0.1, -0.05) is 6.92 Å². The number of anilines is 2. The summed E-state index contributed by atoms with van der Waals surface area (Å²) in [7, 11) is 3.69. The summed E-state index contributed by atoms with van der Waals surface area (Å²) in [4.78, 5) is 34.9. The molecule has 0 spiro atoms. The molecule has 8 nitrogen and oxygen atoms in total. The van der Waals surface area contributed by atoms with Gasteiger partial charge < -0.3 is 14.9 Å². The number of carbonyl (C=O) groups is 2. The van der Waals surface area contributed by atoms with Gasteiger partial charge in [0.25, 0.3) is 0 Å². The fourth-order valence-corrected chi connectivity index (χ4v) is 2.54. The predicted molar refractivity (Wildman–Crippen MR) is 81.9 cm³/mol. The first kappa shape index (κ1) is 16.0. The molecule has 0 saturated carbocycles. The molecule has 2 heterocycles. The van der Waals surface area contributed by atoms with E-state index in [0.29, 0.717) is 24.6 Å². The number of carboxylic acid groups (broad SMARTS) is 1. The molecule has 0 bridgehead atoms. The molecule has 1 aromatic heterocycles. The molecular formula is C14H21N5O3. The van der Waals surface area contributed by atoms with E-state index in [4.69, 9.17) is 5.11 Å². The maximum atomic E-state index is 12.3. The van der Waals surface area contributed by atoms with Gasteiger partial charge in [-0.05, 0) is 12.3 Å². The van der Waals surface area contributed by atoms with Crippen LogP contribution in [0.5, 0.6) is 0 Å². The zero-order valence-corrected chi connectivity index (χ0v) is 13.0. The molecule has 2 atom stereocenters. The van der Waals surface area contributed by atoms with Crippen molar-refractivity contribution in [2.45, 2.75) is 13.3 Å². The topological polar surface area (TPSA) is 98.7 Å². The standard InChI is InChI=1S/C14H21N5O3/c1-9-4-10(13(20)21)7-19(6-9)14(22)17-11-5-12(18(2)3)16-8-15-11/h5,8-10H,4,6-7H2,1-3H3,(H,20,21)(H,15,16,17,22). The monoisotopic (exact) mass is 307 g/mol. The van der Waals surface area contributed by atoms with Crippen molar-refractivity contribution in [1.82, 2.24) is 14.9 Å². The Bertz CT molecular complexity index is 563. The number of hydrogen-bond acceptors (Lipinski definition) is 5. The Morgan fingerprint density at radius 2 is 2.09 bits per heavy atom. The van der Waals surface area contributed by atoms with Crippen molar-refractivity contribution in [2.24, 2.45) is 11.8 Å². The van der Waals surface area contributed by atoms with Crippen LogP contribution in [0.25, 0.3) is 0 Å². The van der Waals surface area contributed by atoms with Gasteiger partial charge in [0.05, 0.1) is 5.92 Å². The Kier molecular flexibility index (Phi) is 4.79. The zero-order chi connectivity index (χ0) is 16.3. The SMILES string of the molecule is CC1CC(C(=O)O)CN(C(=O)Nc2cc(N(C)C)ncn2)C1. The van der Waals surface area contributed by atoms with E-state index in [2.05, 4.69) is 15.3 Å². The maximum absolute atomic E-state index is 12.3. The van der Waals surface area contributed by atoms with Crippen LogP contribution in [0.4, 0.5) is 16.4 Å². The van der Waals surface area contributed by atoms with Crippen LogP contribution in [0.3, 0.4) is 0 Å². The summed E-state index contributed by atoms with van der Waals surface area (Å²) in [5.74, 6) is -0.142. The number of carbonyl (C=O) groups excluding carboxylic acids is 1. The first-order valence-corrected chi connectivity index (χ1v) is 7.15. The normalized spacial score (nSPS) is 21.3. The number of hydrogen-bond donors (Lipinski definition) is 2. The summed E-state index contributed by atoms with van der Waals surface area (Å²) in [6.07, 6.45) is 1.97. The third kappa shape index (κ3) is 3.84. The van der Waals surface area contributed by atoms with Crippen LogP contribution in [-0.4, -0.2) is 59.2 Å². The highest BCUT2D eigenvalue weighted by Gasteiger charge is 2.32. The van der Waals surface area contributed by atoms with Crippen molar-refractivity contribution in [3.8, 4) is 0 Å². The number of piperidine rings is 1. The molecule has 0 radical (unpaired) electrons. The van der Waals surface area contributed by atoms with Gasteiger partial charge in [0, 0.05) is 33.3 Å². The van der Waals surface area contributed by atoms with Crippen molar-refractivity contribution < 1.29 is 14.7 Å². The smallest absolute Gasteiger partial charge is 0.323 e. The lowest BCUT2D eigenvalue weighted by Gasteiger charge is -2.34. The van der Waals surface area contributed by atoms with E-state index in [-0.39, 0.29) is 18.5 Å². The number of urea groups is 1. The van der Waals surface area contributed by atoms with E-state index in [9.17, 15) is 9.59 Å². The van der Waals surface area contributed by atoms with Crippen LogP contribution >= 0.6 is 0 Å². The van der Waals surface area contributed by atoms with Crippen LogP contribution in [-0.2, 0) is 4.79 Å². The Balaban J connectivity index is 2.05. The lowest BCUT2D eigenvalue weighted by atomic mass is 9.91. The minimum absolute atomic E-state index is 0.156. The number of rotatable bonds is 3. The van der Waals surface area contributed by atoms with E-state index in [0.717, 1.165) is 0 Å². The highest BCUT2D eigenvalue weighted by molar-refractivity contribution is 5.89. The van der Waals surface area contributed by atoms with Gasteiger partial charge >= 0.3 is 12.0 Å². The van der Waals surface area contributed by atoms with Gasteiger partial charge in [-0.25, -0.2) is 14.8 Å². The van der Waals surface area contributed by atoms with Gasteiger partial charge in [-0.2, -0.15) is 0 Å². The first-order chi connectivity index (χ1) is 10.4. The van der Waals surface area contributed by atoms with Crippen LogP contribution in [0.15, 0.2) is 12.4 Å². The maximum Gasteiger partial charge on any atom is 0.323 e. The van der Waals surface area contributed by atoms with Crippen LogP contribution < -0.4 is 10.2 Å². The number of aromatic nitrogens is 2. The average Bonchev–Trinajstić information content (AvgIpc) is 2.46. The second kappa shape index (κ2) is 6.59. The van der Waals surface area contributed by atoms with Crippen molar-refractivity contribution in [2.75, 3.05) is 37.4 Å². The largest absolute Gasteiger partial charge is 0.481 e. The molecule has 2 amide bonds. The molecule has 0 aliphatic carbocycles. The third-order valence-electron chi connectivity index (χ3n) is 3.64. The summed E-state index contributed by atoms with van der Waals surface area (Å²) in [6, 6.07) is 1.33. The molecule has 120 valence electrons. The third-order valence-corrected chi connectivity index (χ3v) is 3.64. The predicted octanol–water partition coefficient (Wildman–Crippen LogP) is 1.12. The first-order valence-electron chi connectivity index (χ1n) is 7.15. The van der Waals surface area contributed by atoms with E-state index < -0.39 is 11.9 Å². The van der Waals surface area contributed by atoms with Crippen LogP contribution in [0.1, 0.15) is 13.3 Å². The van der Waals surface area contributed by atoms with Gasteiger partial charge in [0.15, 0.2) is 0 Å². The quantitative estimate of drug-likeness (QED) is 0.868. The zero-order valence-electron chi connectivity index (χ0n) is 13.0. The van der Waals surface area contributed by atoms with E-state index in [1.165, 1.54) is 11.2 Å². The highest BCUT2D eigenvalue weighted by Crippen LogP contribution is 2.22. The van der Waals surface area contributed by atoms with Gasteiger partial charge in [-0.15, -0.1) is 0 Å². The van der Waals surface area contributed by atoms with E-state index >= 15 is 0 Å². The number of carboxylic acids is 1. The molecule has 2 rings (SSSR count). The Morgan fingerprint density at radius 1 is 1.36 bits per heavy atom. The van der Waals surface area contributed by atoms with Gasteiger partial charge in [0.1, 0.15) is 18.0 Å². The molecule has 1 saturated heterocycles. The van der Waals surface area contributed by atoms with Gasteiger partial charge in [-0.3, -0.25) is 10.1 Å². The molecular weight excluding hydrogens is 286 g/mol. The van der Waals surface area contributed by atoms with Crippen LogP contribution in [0.2, 0.25) is 0 Å². The fourth-order valence-electron chi connectivity index (χ4n) is 2.54. The summed E-state index contributed by atoms with van der Waals surface area (Å²) < 4.78 is 0. The number of likely N-dealkylation sites (tertiary alicyclic amines) is 1. The minimum Gasteiger partial charge on any atom is -0.481 e. The molecule has 2 unspecified atom stereocenters. The lowest BCUT2D eigenvalue weighted by Crippen LogP contribution is -2.47. The highest BCUT2D eigenvalue weighted by atomic mass is 16.4. The van der Waals surface area contributed by atoms with E-state index in [1.54, 1.807) is 11.0 Å². The second-order valence-corrected chi connectivity index (χ2v) is 5.87. The molecule has 1 aliphatic rings. The number of nitrogens with one attached hydrogen (secondary N) is 1. The average molecular weight is 307 g/mol. The number of amides is 2. The second-order valence-electron chi connectivity index (χ2n) is 5.87. The Morgan fingerprint density at radius 3 is 2.73 bits per heavy atom. The van der Waals surface area contributed by atoms with Gasteiger partial charge in [0.2, 0.25) is 0 Å². The van der Waals surface area contributed by atoms with E-state index in [1.807, 2.05) is 21.0 Å². The summed E-state index contributed by atoms with van der Waals surface area (Å²) >= 11 is 0. The van der Waals surface area contributed by atoms with Crippen LogP contribution in [0, 0.1) is 11.8 Å². The molecule has 1 fully saturated rings. The number of aliphatic carboxylic acids is 1. The molecule has 8 heteroatoms. The van der Waals surface area contributed by atoms with Crippen molar-refractivity contribution in [3.63, 3.8) is 0 Å². The lowest BCUT2D eigenvalue weighted by molar-refractivity contribution is -0.143. The van der Waals surface area contributed by atoms with Crippen molar-refractivity contribution in [1.29, 1.82) is 0 Å².